The number of carbonyl (C=O) groups excluding carboxylic acids is 1. The van der Waals surface area contributed by atoms with Gasteiger partial charge < -0.3 is 10.6 Å². The van der Waals surface area contributed by atoms with Gasteiger partial charge in [-0.25, -0.2) is 13.6 Å². The highest BCUT2D eigenvalue weighted by atomic mass is 32.2. The van der Waals surface area contributed by atoms with Crippen molar-refractivity contribution in [2.24, 2.45) is 5.14 Å². The van der Waals surface area contributed by atoms with Gasteiger partial charge in [-0.15, -0.1) is 0 Å². The molecular weight excluding hydrogens is 290 g/mol. The summed E-state index contributed by atoms with van der Waals surface area (Å²) in [4.78, 5) is 12.1. The molecule has 1 heterocycles. The van der Waals surface area contributed by atoms with Gasteiger partial charge in [-0.05, 0) is 37.1 Å². The summed E-state index contributed by atoms with van der Waals surface area (Å²) in [5, 5.41) is 11.1. The fourth-order valence-corrected chi connectivity index (χ4v) is 3.06. The van der Waals surface area contributed by atoms with Crippen LogP contribution in [0.15, 0.2) is 24.3 Å². The van der Waals surface area contributed by atoms with E-state index >= 15 is 0 Å². The number of anilines is 1. The Labute approximate surface area is 125 Å². The molecule has 0 saturated carbocycles. The Morgan fingerprint density at radius 1 is 1.24 bits per heavy atom. The number of hydrogen-bond acceptors (Lipinski definition) is 4. The lowest BCUT2D eigenvalue weighted by atomic mass is 10.1. The number of primary sulfonamides is 1. The molecule has 6 nitrogen and oxygen atoms in total. The highest BCUT2D eigenvalue weighted by Crippen LogP contribution is 2.14. The van der Waals surface area contributed by atoms with Crippen molar-refractivity contribution in [1.29, 1.82) is 0 Å². The molecule has 0 spiro atoms. The molecule has 1 aliphatic rings. The van der Waals surface area contributed by atoms with Gasteiger partial charge in [0.05, 0.1) is 11.8 Å². The number of rotatable bonds is 4. The fourth-order valence-electron chi connectivity index (χ4n) is 2.40. The molecule has 4 N–H and O–H groups in total. The third-order valence-corrected chi connectivity index (χ3v) is 4.20. The zero-order valence-corrected chi connectivity index (χ0v) is 12.7. The summed E-state index contributed by atoms with van der Waals surface area (Å²) in [5.74, 6) is -0.248. The Morgan fingerprint density at radius 3 is 2.62 bits per heavy atom. The minimum absolute atomic E-state index is 0.0453. The predicted molar refractivity (Wildman–Crippen MR) is 82.1 cm³/mol. The zero-order valence-electron chi connectivity index (χ0n) is 11.8. The number of benzene rings is 1. The van der Waals surface area contributed by atoms with Gasteiger partial charge >= 0.3 is 0 Å². The van der Waals surface area contributed by atoms with Crippen molar-refractivity contribution < 1.29 is 13.2 Å². The monoisotopic (exact) mass is 311 g/mol. The molecule has 1 amide bonds. The van der Waals surface area contributed by atoms with Gasteiger partial charge in [0.25, 0.3) is 0 Å². The van der Waals surface area contributed by atoms with Gasteiger partial charge in [0, 0.05) is 5.69 Å². The minimum atomic E-state index is -3.53. The second kappa shape index (κ2) is 7.02. The van der Waals surface area contributed by atoms with Crippen LogP contribution in [0.1, 0.15) is 31.2 Å². The number of nitrogens with one attached hydrogen (secondary N) is 2. The van der Waals surface area contributed by atoms with Crippen LogP contribution in [-0.4, -0.2) is 26.9 Å². The lowest BCUT2D eigenvalue weighted by Crippen LogP contribution is -2.39. The molecular formula is C14H21N3O3S. The van der Waals surface area contributed by atoms with E-state index in [1.807, 2.05) is 0 Å². The van der Waals surface area contributed by atoms with Crippen molar-refractivity contribution in [2.75, 3.05) is 11.9 Å². The standard InChI is InChI=1S/C14H21N3O3S/c15-21(19,20)10-11-5-7-12(8-6-11)17-14(18)13-4-2-1-3-9-16-13/h5-8,13,16H,1-4,9-10H2,(H,17,18)(H2,15,19,20). The molecule has 2 rings (SSSR count). The van der Waals surface area contributed by atoms with Gasteiger partial charge in [0.2, 0.25) is 15.9 Å². The quantitative estimate of drug-likeness (QED) is 0.770. The SMILES string of the molecule is NS(=O)(=O)Cc1ccc(NC(=O)C2CCCCCN2)cc1. The van der Waals surface area contributed by atoms with Crippen LogP contribution in [0, 0.1) is 0 Å². The topological polar surface area (TPSA) is 101 Å². The maximum Gasteiger partial charge on any atom is 0.241 e. The third kappa shape index (κ3) is 5.45. The average molecular weight is 311 g/mol. The fraction of sp³-hybridized carbons (Fsp3) is 0.500. The number of amides is 1. The van der Waals surface area contributed by atoms with Crippen molar-refractivity contribution >= 4 is 21.6 Å². The molecule has 7 heteroatoms. The van der Waals surface area contributed by atoms with E-state index < -0.39 is 10.0 Å². The van der Waals surface area contributed by atoms with Crippen molar-refractivity contribution in [3.63, 3.8) is 0 Å². The second-order valence-corrected chi connectivity index (χ2v) is 6.96. The molecule has 0 radical (unpaired) electrons. The van der Waals surface area contributed by atoms with E-state index in [0.29, 0.717) is 11.3 Å². The average Bonchev–Trinajstić information content (AvgIpc) is 2.68. The molecule has 1 aliphatic heterocycles. The molecule has 1 saturated heterocycles. The normalized spacial score (nSPS) is 19.8. The Balaban J connectivity index is 1.94. The Kier molecular flexibility index (Phi) is 5.33. The van der Waals surface area contributed by atoms with E-state index in [4.69, 9.17) is 5.14 Å². The molecule has 1 aromatic rings. The van der Waals surface area contributed by atoms with E-state index in [1.165, 1.54) is 0 Å². The molecule has 1 unspecified atom stereocenters. The molecule has 0 aromatic heterocycles. The summed E-state index contributed by atoms with van der Waals surface area (Å²) in [6.07, 6.45) is 4.15. The maximum atomic E-state index is 12.1. The molecule has 116 valence electrons. The number of sulfonamides is 1. The van der Waals surface area contributed by atoms with Crippen LogP contribution in [0.25, 0.3) is 0 Å². The highest BCUT2D eigenvalue weighted by Gasteiger charge is 2.19. The summed E-state index contributed by atoms with van der Waals surface area (Å²) in [5.41, 5.74) is 1.26. The van der Waals surface area contributed by atoms with E-state index in [1.54, 1.807) is 24.3 Å². The van der Waals surface area contributed by atoms with E-state index in [2.05, 4.69) is 10.6 Å². The Bertz CT molecular complexity index is 576. The van der Waals surface area contributed by atoms with Crippen LogP contribution >= 0.6 is 0 Å². The first-order valence-corrected chi connectivity index (χ1v) is 8.79. The smallest absolute Gasteiger partial charge is 0.241 e. The van der Waals surface area contributed by atoms with Crippen LogP contribution < -0.4 is 15.8 Å². The third-order valence-electron chi connectivity index (χ3n) is 3.47. The minimum Gasteiger partial charge on any atom is -0.325 e. The largest absolute Gasteiger partial charge is 0.325 e. The molecule has 1 fully saturated rings. The van der Waals surface area contributed by atoms with Gasteiger partial charge in [-0.1, -0.05) is 25.0 Å². The van der Waals surface area contributed by atoms with Crippen LogP contribution in [-0.2, 0) is 20.6 Å². The van der Waals surface area contributed by atoms with E-state index in [9.17, 15) is 13.2 Å². The van der Waals surface area contributed by atoms with Crippen molar-refractivity contribution in [3.05, 3.63) is 29.8 Å². The summed E-state index contributed by atoms with van der Waals surface area (Å²) >= 11 is 0. The first kappa shape index (κ1) is 15.9. The molecule has 1 atom stereocenters. The van der Waals surface area contributed by atoms with Crippen LogP contribution in [0.2, 0.25) is 0 Å². The van der Waals surface area contributed by atoms with Crippen LogP contribution in [0.5, 0.6) is 0 Å². The zero-order chi connectivity index (χ0) is 15.3. The first-order valence-electron chi connectivity index (χ1n) is 7.08. The first-order chi connectivity index (χ1) is 9.94. The number of hydrogen-bond donors (Lipinski definition) is 3. The lowest BCUT2D eigenvalue weighted by molar-refractivity contribution is -0.118. The van der Waals surface area contributed by atoms with Gasteiger partial charge in [-0.2, -0.15) is 0 Å². The molecule has 1 aromatic carbocycles. The number of nitrogens with two attached hydrogens (primary N) is 1. The summed E-state index contributed by atoms with van der Waals surface area (Å²) < 4.78 is 22.0. The summed E-state index contributed by atoms with van der Waals surface area (Å²) in [7, 11) is -3.53. The highest BCUT2D eigenvalue weighted by molar-refractivity contribution is 7.88. The van der Waals surface area contributed by atoms with Gasteiger partial charge in [-0.3, -0.25) is 4.79 Å². The van der Waals surface area contributed by atoms with Crippen molar-refractivity contribution in [1.82, 2.24) is 5.32 Å². The van der Waals surface area contributed by atoms with Crippen molar-refractivity contribution in [2.45, 2.75) is 37.5 Å². The Morgan fingerprint density at radius 2 is 1.95 bits per heavy atom. The molecule has 0 bridgehead atoms. The predicted octanol–water partition coefficient (Wildman–Crippen LogP) is 0.946. The summed E-state index contributed by atoms with van der Waals surface area (Å²) in [6, 6.07) is 6.53. The van der Waals surface area contributed by atoms with Gasteiger partial charge in [0.15, 0.2) is 0 Å². The second-order valence-electron chi connectivity index (χ2n) is 5.35. The van der Waals surface area contributed by atoms with E-state index in [0.717, 1.165) is 32.2 Å². The van der Waals surface area contributed by atoms with Crippen LogP contribution in [0.4, 0.5) is 5.69 Å². The van der Waals surface area contributed by atoms with E-state index in [-0.39, 0.29) is 17.7 Å². The lowest BCUT2D eigenvalue weighted by Gasteiger charge is -2.15. The molecule has 21 heavy (non-hydrogen) atoms. The van der Waals surface area contributed by atoms with Crippen molar-refractivity contribution in [3.8, 4) is 0 Å². The van der Waals surface area contributed by atoms with Gasteiger partial charge in [0.1, 0.15) is 0 Å². The Hall–Kier alpha value is -1.44. The summed E-state index contributed by atoms with van der Waals surface area (Å²) in [6.45, 7) is 0.866. The maximum absolute atomic E-state index is 12.1. The van der Waals surface area contributed by atoms with Crippen LogP contribution in [0.3, 0.4) is 0 Å². The number of carbonyl (C=O) groups is 1. The molecule has 0 aliphatic carbocycles.